The Balaban J connectivity index is 2.43. The van der Waals surface area contributed by atoms with Crippen LogP contribution in [0.2, 0.25) is 0 Å². The van der Waals surface area contributed by atoms with Gasteiger partial charge in [-0.1, -0.05) is 18.2 Å². The van der Waals surface area contributed by atoms with Crippen LogP contribution in [0.4, 0.5) is 0 Å². The van der Waals surface area contributed by atoms with Crippen LogP contribution >= 0.6 is 0 Å². The Morgan fingerprint density at radius 3 is 2.71 bits per heavy atom. The van der Waals surface area contributed by atoms with Gasteiger partial charge in [-0.25, -0.2) is 0 Å². The van der Waals surface area contributed by atoms with Gasteiger partial charge in [0.15, 0.2) is 0 Å². The summed E-state index contributed by atoms with van der Waals surface area (Å²) in [4.78, 5) is 4.72. The van der Waals surface area contributed by atoms with Crippen LogP contribution < -0.4 is 0 Å². The predicted molar refractivity (Wildman–Crippen MR) is 69.0 cm³/mol. The highest BCUT2D eigenvalue weighted by molar-refractivity contribution is 5.84. The van der Waals surface area contributed by atoms with E-state index in [2.05, 4.69) is 6.07 Å². The van der Waals surface area contributed by atoms with Crippen LogP contribution in [0, 0.1) is 0 Å². The minimum atomic E-state index is -0.795. The standard InChI is InChI=1S/C15H17NO/c1-15(2,17)14-10-6-3-4-8-12(10)16-13-9-5-7-11(13)14/h3-4,6,8,17H,5,7,9H2,1-2H3. The molecule has 0 fully saturated rings. The summed E-state index contributed by atoms with van der Waals surface area (Å²) in [5.41, 5.74) is 3.75. The second-order valence-corrected chi connectivity index (χ2v) is 5.34. The van der Waals surface area contributed by atoms with Gasteiger partial charge in [0.2, 0.25) is 0 Å². The van der Waals surface area contributed by atoms with Crippen molar-refractivity contribution in [2.24, 2.45) is 0 Å². The fourth-order valence-electron chi connectivity index (χ4n) is 2.91. The molecule has 88 valence electrons. The first-order valence-corrected chi connectivity index (χ1v) is 6.21. The van der Waals surface area contributed by atoms with Crippen LogP contribution in [0.15, 0.2) is 24.3 Å². The van der Waals surface area contributed by atoms with Gasteiger partial charge in [-0.15, -0.1) is 0 Å². The summed E-state index contributed by atoms with van der Waals surface area (Å²) in [5, 5.41) is 11.5. The van der Waals surface area contributed by atoms with E-state index in [0.29, 0.717) is 0 Å². The minimum absolute atomic E-state index is 0.795. The molecule has 0 amide bonds. The maximum Gasteiger partial charge on any atom is 0.0850 e. The molecule has 0 spiro atoms. The lowest BCUT2D eigenvalue weighted by Gasteiger charge is -2.23. The number of aliphatic hydroxyl groups is 1. The largest absolute Gasteiger partial charge is 0.386 e. The Kier molecular flexibility index (Phi) is 2.23. The van der Waals surface area contributed by atoms with E-state index in [4.69, 9.17) is 4.98 Å². The van der Waals surface area contributed by atoms with E-state index in [1.165, 1.54) is 11.3 Å². The van der Waals surface area contributed by atoms with Crippen molar-refractivity contribution in [3.63, 3.8) is 0 Å². The first kappa shape index (κ1) is 10.7. The molecule has 2 aromatic rings. The van der Waals surface area contributed by atoms with Gasteiger partial charge in [0, 0.05) is 11.1 Å². The molecule has 17 heavy (non-hydrogen) atoms. The second-order valence-electron chi connectivity index (χ2n) is 5.34. The van der Waals surface area contributed by atoms with Crippen molar-refractivity contribution in [3.05, 3.63) is 41.1 Å². The molecule has 1 aromatic heterocycles. The van der Waals surface area contributed by atoms with Gasteiger partial charge in [-0.05, 0) is 50.3 Å². The zero-order chi connectivity index (χ0) is 12.0. The summed E-state index contributed by atoms with van der Waals surface area (Å²) in [7, 11) is 0. The average Bonchev–Trinajstić information content (AvgIpc) is 2.71. The van der Waals surface area contributed by atoms with E-state index in [9.17, 15) is 5.11 Å². The SMILES string of the molecule is CC(C)(O)c1c2c(nc3ccccc13)CCC2. The van der Waals surface area contributed by atoms with Gasteiger partial charge >= 0.3 is 0 Å². The van der Waals surface area contributed by atoms with Gasteiger partial charge < -0.3 is 5.11 Å². The zero-order valence-electron chi connectivity index (χ0n) is 10.3. The lowest BCUT2D eigenvalue weighted by Crippen LogP contribution is -2.19. The Labute approximate surface area is 101 Å². The maximum absolute atomic E-state index is 10.4. The monoisotopic (exact) mass is 227 g/mol. The highest BCUT2D eigenvalue weighted by Gasteiger charge is 2.27. The molecule has 0 bridgehead atoms. The summed E-state index contributed by atoms with van der Waals surface area (Å²) < 4.78 is 0. The van der Waals surface area contributed by atoms with Crippen LogP contribution in [0.1, 0.15) is 37.1 Å². The van der Waals surface area contributed by atoms with E-state index in [-0.39, 0.29) is 0 Å². The molecule has 2 heteroatoms. The van der Waals surface area contributed by atoms with Crippen LogP contribution in [0.5, 0.6) is 0 Å². The summed E-state index contributed by atoms with van der Waals surface area (Å²) >= 11 is 0. The molecule has 0 unspecified atom stereocenters. The molecule has 2 nitrogen and oxygen atoms in total. The van der Waals surface area contributed by atoms with Crippen molar-refractivity contribution in [1.82, 2.24) is 4.98 Å². The summed E-state index contributed by atoms with van der Waals surface area (Å²) in [6, 6.07) is 8.11. The molecule has 0 saturated carbocycles. The third kappa shape index (κ3) is 1.64. The molecule has 0 radical (unpaired) electrons. The number of rotatable bonds is 1. The predicted octanol–water partition coefficient (Wildman–Crippen LogP) is 2.95. The molecule has 3 rings (SSSR count). The van der Waals surface area contributed by atoms with Crippen molar-refractivity contribution in [2.75, 3.05) is 0 Å². The normalized spacial score (nSPS) is 15.2. The number of para-hydroxylation sites is 1. The molecule has 0 atom stereocenters. The molecule has 1 aromatic carbocycles. The van der Waals surface area contributed by atoms with E-state index in [0.717, 1.165) is 35.7 Å². The first-order chi connectivity index (χ1) is 8.07. The molecule has 0 saturated heterocycles. The van der Waals surface area contributed by atoms with E-state index in [1.807, 2.05) is 32.0 Å². The maximum atomic E-state index is 10.4. The van der Waals surface area contributed by atoms with Crippen molar-refractivity contribution in [1.29, 1.82) is 0 Å². The van der Waals surface area contributed by atoms with E-state index < -0.39 is 5.60 Å². The van der Waals surface area contributed by atoms with E-state index in [1.54, 1.807) is 0 Å². The number of hydrogen-bond donors (Lipinski definition) is 1. The Morgan fingerprint density at radius 2 is 1.94 bits per heavy atom. The fraction of sp³-hybridized carbons (Fsp3) is 0.400. The number of aryl methyl sites for hydroxylation is 1. The van der Waals surface area contributed by atoms with Gasteiger partial charge in [-0.2, -0.15) is 0 Å². The lowest BCUT2D eigenvalue weighted by molar-refractivity contribution is 0.0792. The Hall–Kier alpha value is -1.41. The van der Waals surface area contributed by atoms with Crippen molar-refractivity contribution in [3.8, 4) is 0 Å². The fourth-order valence-corrected chi connectivity index (χ4v) is 2.91. The molecular weight excluding hydrogens is 210 g/mol. The zero-order valence-corrected chi connectivity index (χ0v) is 10.3. The van der Waals surface area contributed by atoms with Crippen molar-refractivity contribution in [2.45, 2.75) is 38.7 Å². The summed E-state index contributed by atoms with van der Waals surface area (Å²) in [6.45, 7) is 3.74. The molecule has 1 N–H and O–H groups in total. The highest BCUT2D eigenvalue weighted by atomic mass is 16.3. The van der Waals surface area contributed by atoms with Crippen LogP contribution in [-0.4, -0.2) is 10.1 Å². The first-order valence-electron chi connectivity index (χ1n) is 6.21. The minimum Gasteiger partial charge on any atom is -0.386 e. The van der Waals surface area contributed by atoms with Gasteiger partial charge in [0.25, 0.3) is 0 Å². The summed E-state index contributed by atoms with van der Waals surface area (Å²) in [5.74, 6) is 0. The Morgan fingerprint density at radius 1 is 1.18 bits per heavy atom. The average molecular weight is 227 g/mol. The molecule has 1 aliphatic rings. The van der Waals surface area contributed by atoms with Gasteiger partial charge in [0.1, 0.15) is 0 Å². The number of hydrogen-bond acceptors (Lipinski definition) is 2. The van der Waals surface area contributed by atoms with Gasteiger partial charge in [-0.3, -0.25) is 4.98 Å². The number of benzene rings is 1. The third-order valence-corrected chi connectivity index (χ3v) is 3.53. The lowest BCUT2D eigenvalue weighted by atomic mass is 9.89. The van der Waals surface area contributed by atoms with Crippen LogP contribution in [-0.2, 0) is 18.4 Å². The smallest absolute Gasteiger partial charge is 0.0850 e. The molecule has 0 aliphatic heterocycles. The number of pyridine rings is 1. The van der Waals surface area contributed by atoms with Crippen LogP contribution in [0.3, 0.4) is 0 Å². The Bertz CT molecular complexity index is 581. The highest BCUT2D eigenvalue weighted by Crippen LogP contribution is 2.36. The topological polar surface area (TPSA) is 33.1 Å². The molecule has 1 aliphatic carbocycles. The second kappa shape index (κ2) is 3.54. The van der Waals surface area contributed by atoms with Crippen molar-refractivity contribution >= 4 is 10.9 Å². The quantitative estimate of drug-likeness (QED) is 0.812. The van der Waals surface area contributed by atoms with Crippen LogP contribution in [0.25, 0.3) is 10.9 Å². The number of nitrogens with zero attached hydrogens (tertiary/aromatic N) is 1. The number of fused-ring (bicyclic) bond motifs is 2. The van der Waals surface area contributed by atoms with E-state index >= 15 is 0 Å². The van der Waals surface area contributed by atoms with Crippen molar-refractivity contribution < 1.29 is 5.11 Å². The van der Waals surface area contributed by atoms with Gasteiger partial charge in [0.05, 0.1) is 11.1 Å². The molecular formula is C15H17NO. The molecule has 1 heterocycles. The summed E-state index contributed by atoms with van der Waals surface area (Å²) in [6.07, 6.45) is 3.25. The third-order valence-electron chi connectivity index (χ3n) is 3.53. The number of aromatic nitrogens is 1.